The van der Waals surface area contributed by atoms with Gasteiger partial charge in [-0.3, -0.25) is 14.5 Å². The Morgan fingerprint density at radius 2 is 1.54 bits per heavy atom. The molecule has 8 heteroatoms. The second kappa shape index (κ2) is 9.89. The number of anilines is 2. The number of hydrogen-bond acceptors (Lipinski definition) is 7. The van der Waals surface area contributed by atoms with Crippen LogP contribution in [-0.2, 0) is 9.59 Å². The van der Waals surface area contributed by atoms with Crippen molar-refractivity contribution in [2.75, 3.05) is 37.1 Å². The lowest BCUT2D eigenvalue weighted by molar-refractivity contribution is -0.132. The minimum absolute atomic E-state index is 0.0152. The third kappa shape index (κ3) is 4.35. The molecule has 1 atom stereocenters. The number of carbonyl (C=O) groups is 2. The van der Waals surface area contributed by atoms with Gasteiger partial charge >= 0.3 is 0 Å². The number of aliphatic hydroxyl groups excluding tert-OH is 1. The quantitative estimate of drug-likeness (QED) is 0.289. The second-order valence-corrected chi connectivity index (χ2v) is 9.04. The van der Waals surface area contributed by atoms with Crippen LogP contribution in [0.25, 0.3) is 5.76 Å². The molecular weight excluding hydrogens is 472 g/mol. The van der Waals surface area contributed by atoms with Crippen LogP contribution in [0.1, 0.15) is 30.0 Å². The molecule has 8 nitrogen and oxygen atoms in total. The van der Waals surface area contributed by atoms with Crippen LogP contribution >= 0.6 is 0 Å². The van der Waals surface area contributed by atoms with Crippen molar-refractivity contribution >= 4 is 28.8 Å². The van der Waals surface area contributed by atoms with Gasteiger partial charge in [0.2, 0.25) is 0 Å². The molecule has 5 rings (SSSR count). The molecule has 1 amide bonds. The van der Waals surface area contributed by atoms with E-state index in [4.69, 9.17) is 9.47 Å². The minimum Gasteiger partial charge on any atom is -0.508 e. The van der Waals surface area contributed by atoms with Crippen LogP contribution in [0.5, 0.6) is 17.2 Å². The van der Waals surface area contributed by atoms with Gasteiger partial charge in [-0.2, -0.15) is 0 Å². The molecule has 2 heterocycles. The first-order chi connectivity index (χ1) is 17.9. The van der Waals surface area contributed by atoms with Gasteiger partial charge in [0.25, 0.3) is 11.7 Å². The highest BCUT2D eigenvalue weighted by Crippen LogP contribution is 2.44. The van der Waals surface area contributed by atoms with Crippen molar-refractivity contribution in [3.63, 3.8) is 0 Å². The molecule has 0 aromatic heterocycles. The maximum atomic E-state index is 13.4. The second-order valence-electron chi connectivity index (χ2n) is 9.04. The van der Waals surface area contributed by atoms with Gasteiger partial charge in [-0.25, -0.2) is 0 Å². The van der Waals surface area contributed by atoms with E-state index >= 15 is 0 Å². The Hall–Kier alpha value is -4.46. The van der Waals surface area contributed by atoms with Gasteiger partial charge < -0.3 is 24.6 Å². The fraction of sp³-hybridized carbons (Fsp3) is 0.241. The lowest BCUT2D eigenvalue weighted by atomic mass is 9.95. The van der Waals surface area contributed by atoms with E-state index in [1.165, 1.54) is 31.3 Å². The first kappa shape index (κ1) is 24.2. The van der Waals surface area contributed by atoms with E-state index in [9.17, 15) is 19.8 Å². The standard InChI is InChI=1S/C29H28N2O6/c1-36-23-13-8-19(17-24(23)37-2)27(33)25-26(18-6-5-7-22(32)16-18)31(29(35)28(25)34)21-11-9-20(10-12-21)30-14-3-4-15-30/h5-13,16-17,26,32-33H,3-4,14-15H2,1-2H3/b27-25-. The number of aromatic hydroxyl groups is 1. The molecule has 2 saturated heterocycles. The molecule has 0 aliphatic carbocycles. The molecule has 190 valence electrons. The van der Waals surface area contributed by atoms with Gasteiger partial charge in [0.05, 0.1) is 25.8 Å². The first-order valence-corrected chi connectivity index (χ1v) is 12.1. The summed E-state index contributed by atoms with van der Waals surface area (Å²) in [4.78, 5) is 30.4. The zero-order chi connectivity index (χ0) is 26.1. The molecule has 0 bridgehead atoms. The number of amides is 1. The smallest absolute Gasteiger partial charge is 0.300 e. The van der Waals surface area contributed by atoms with Crippen LogP contribution in [0.2, 0.25) is 0 Å². The maximum Gasteiger partial charge on any atom is 0.300 e. The van der Waals surface area contributed by atoms with Crippen molar-refractivity contribution in [3.8, 4) is 17.2 Å². The third-order valence-electron chi connectivity index (χ3n) is 6.89. The summed E-state index contributed by atoms with van der Waals surface area (Å²) in [5, 5.41) is 21.5. The number of carbonyl (C=O) groups excluding carboxylic acids is 2. The van der Waals surface area contributed by atoms with E-state index in [0.717, 1.165) is 31.6 Å². The highest BCUT2D eigenvalue weighted by Gasteiger charge is 2.47. The average molecular weight is 501 g/mol. The number of aliphatic hydroxyl groups is 1. The summed E-state index contributed by atoms with van der Waals surface area (Å²) >= 11 is 0. The van der Waals surface area contributed by atoms with Gasteiger partial charge in [-0.1, -0.05) is 12.1 Å². The van der Waals surface area contributed by atoms with E-state index < -0.39 is 17.7 Å². The van der Waals surface area contributed by atoms with Crippen molar-refractivity contribution in [2.45, 2.75) is 18.9 Å². The van der Waals surface area contributed by atoms with E-state index in [1.807, 2.05) is 24.3 Å². The Balaban J connectivity index is 1.64. The normalized spacial score (nSPS) is 18.9. The molecule has 2 N–H and O–H groups in total. The van der Waals surface area contributed by atoms with Crippen molar-refractivity contribution in [1.29, 1.82) is 0 Å². The zero-order valence-corrected chi connectivity index (χ0v) is 20.7. The van der Waals surface area contributed by atoms with Crippen molar-refractivity contribution in [1.82, 2.24) is 0 Å². The lowest BCUT2D eigenvalue weighted by Crippen LogP contribution is -2.29. The summed E-state index contributed by atoms with van der Waals surface area (Å²) < 4.78 is 10.6. The Morgan fingerprint density at radius 1 is 0.865 bits per heavy atom. The first-order valence-electron chi connectivity index (χ1n) is 12.1. The molecule has 2 fully saturated rings. The third-order valence-corrected chi connectivity index (χ3v) is 6.89. The maximum absolute atomic E-state index is 13.4. The Kier molecular flexibility index (Phi) is 6.48. The molecule has 0 radical (unpaired) electrons. The molecular formula is C29H28N2O6. The molecule has 0 saturated carbocycles. The molecule has 0 spiro atoms. The van der Waals surface area contributed by atoms with Crippen molar-refractivity contribution in [2.24, 2.45) is 0 Å². The van der Waals surface area contributed by atoms with Crippen LogP contribution in [-0.4, -0.2) is 49.2 Å². The highest BCUT2D eigenvalue weighted by molar-refractivity contribution is 6.51. The number of Topliss-reactive ketones (excluding diaryl/α,β-unsaturated/α-hetero) is 1. The molecule has 2 aliphatic heterocycles. The predicted molar refractivity (Wildman–Crippen MR) is 140 cm³/mol. The Morgan fingerprint density at radius 3 is 2.19 bits per heavy atom. The Bertz CT molecular complexity index is 1380. The van der Waals surface area contributed by atoms with Crippen LogP contribution in [0, 0.1) is 0 Å². The molecule has 2 aliphatic rings. The topological polar surface area (TPSA) is 99.5 Å². The summed E-state index contributed by atoms with van der Waals surface area (Å²) in [5.74, 6) is -1.11. The van der Waals surface area contributed by atoms with Crippen LogP contribution in [0.3, 0.4) is 0 Å². The molecule has 1 unspecified atom stereocenters. The van der Waals surface area contributed by atoms with Gasteiger partial charge in [0.1, 0.15) is 11.5 Å². The van der Waals surface area contributed by atoms with Gasteiger partial charge in [-0.15, -0.1) is 0 Å². The van der Waals surface area contributed by atoms with E-state index in [2.05, 4.69) is 4.90 Å². The zero-order valence-electron chi connectivity index (χ0n) is 20.7. The van der Waals surface area contributed by atoms with E-state index in [1.54, 1.807) is 30.3 Å². The summed E-state index contributed by atoms with van der Waals surface area (Å²) in [6, 6.07) is 17.7. The summed E-state index contributed by atoms with van der Waals surface area (Å²) in [6.45, 7) is 1.97. The number of hydrogen-bond donors (Lipinski definition) is 2. The van der Waals surface area contributed by atoms with Crippen LogP contribution in [0.4, 0.5) is 11.4 Å². The fourth-order valence-corrected chi connectivity index (χ4v) is 5.05. The van der Waals surface area contributed by atoms with Gasteiger partial charge in [0, 0.05) is 30.0 Å². The lowest BCUT2D eigenvalue weighted by Gasteiger charge is -2.26. The van der Waals surface area contributed by atoms with Crippen LogP contribution in [0.15, 0.2) is 72.3 Å². The van der Waals surface area contributed by atoms with E-state index in [0.29, 0.717) is 28.3 Å². The SMILES string of the molecule is COc1ccc(/C(O)=C2/C(=O)C(=O)N(c3ccc(N4CCCC4)cc3)C2c2cccc(O)c2)cc1OC. The van der Waals surface area contributed by atoms with Gasteiger partial charge in [0.15, 0.2) is 11.5 Å². The largest absolute Gasteiger partial charge is 0.508 e. The summed E-state index contributed by atoms with van der Waals surface area (Å²) in [7, 11) is 2.97. The number of ketones is 1. The molecule has 37 heavy (non-hydrogen) atoms. The summed E-state index contributed by atoms with van der Waals surface area (Å²) in [5.41, 5.74) is 2.28. The number of benzene rings is 3. The van der Waals surface area contributed by atoms with Gasteiger partial charge in [-0.05, 0) is 73.0 Å². The number of phenolic OH excluding ortho intramolecular Hbond substituents is 1. The monoisotopic (exact) mass is 500 g/mol. The average Bonchev–Trinajstić information content (AvgIpc) is 3.55. The number of ether oxygens (including phenoxy) is 2. The number of rotatable bonds is 6. The molecule has 3 aromatic rings. The minimum atomic E-state index is -0.946. The van der Waals surface area contributed by atoms with E-state index in [-0.39, 0.29) is 17.1 Å². The fourth-order valence-electron chi connectivity index (χ4n) is 5.05. The van der Waals surface area contributed by atoms with Crippen molar-refractivity contribution < 1.29 is 29.3 Å². The Labute approximate surface area is 215 Å². The summed E-state index contributed by atoms with van der Waals surface area (Å²) in [6.07, 6.45) is 2.29. The number of phenols is 1. The predicted octanol–water partition coefficient (Wildman–Crippen LogP) is 4.64. The molecule has 3 aromatic carbocycles. The number of nitrogens with zero attached hydrogens (tertiary/aromatic N) is 2. The van der Waals surface area contributed by atoms with Crippen LogP contribution < -0.4 is 19.3 Å². The number of methoxy groups -OCH3 is 2. The van der Waals surface area contributed by atoms with Crippen molar-refractivity contribution in [3.05, 3.63) is 83.4 Å². The highest BCUT2D eigenvalue weighted by atomic mass is 16.5.